The second kappa shape index (κ2) is 7.47. The number of carbonyl (C=O) groups is 2. The minimum absolute atomic E-state index is 0.116. The molecule has 0 bridgehead atoms. The van der Waals surface area contributed by atoms with Crippen LogP contribution in [0.1, 0.15) is 21.7 Å². The summed E-state index contributed by atoms with van der Waals surface area (Å²) in [5.41, 5.74) is 7.74. The molecule has 3 N–H and O–H groups in total. The number of esters is 1. The molecule has 0 radical (unpaired) electrons. The lowest BCUT2D eigenvalue weighted by Crippen LogP contribution is -2.19. The van der Waals surface area contributed by atoms with E-state index in [0.717, 1.165) is 11.1 Å². The van der Waals surface area contributed by atoms with Crippen molar-refractivity contribution in [3.63, 3.8) is 0 Å². The summed E-state index contributed by atoms with van der Waals surface area (Å²) in [5, 5.41) is 6.21. The molecule has 0 saturated heterocycles. The van der Waals surface area contributed by atoms with Gasteiger partial charge < -0.3 is 20.3 Å². The van der Waals surface area contributed by atoms with Gasteiger partial charge >= 0.3 is 12.0 Å². The zero-order chi connectivity index (χ0) is 18.5. The summed E-state index contributed by atoms with van der Waals surface area (Å²) in [7, 11) is 0. The number of ether oxygens (including phenoxy) is 1. The summed E-state index contributed by atoms with van der Waals surface area (Å²) < 4.78 is 10.3. The Hall–Kier alpha value is -3.68. The van der Waals surface area contributed by atoms with Gasteiger partial charge in [0.2, 0.25) is 5.82 Å². The van der Waals surface area contributed by atoms with E-state index in [2.05, 4.69) is 15.5 Å². The van der Waals surface area contributed by atoms with Crippen LogP contribution in [0.2, 0.25) is 0 Å². The monoisotopic (exact) mass is 352 g/mol. The topological polar surface area (TPSA) is 120 Å². The van der Waals surface area contributed by atoms with E-state index in [0.29, 0.717) is 17.1 Å². The Kier molecular flexibility index (Phi) is 4.93. The van der Waals surface area contributed by atoms with Crippen LogP contribution in [0.3, 0.4) is 0 Å². The van der Waals surface area contributed by atoms with Crippen molar-refractivity contribution in [3.05, 3.63) is 65.5 Å². The van der Waals surface area contributed by atoms with Crippen molar-refractivity contribution >= 4 is 17.7 Å². The highest BCUT2D eigenvalue weighted by molar-refractivity contribution is 5.91. The first-order valence-corrected chi connectivity index (χ1v) is 7.74. The Bertz CT molecular complexity index is 917. The van der Waals surface area contributed by atoms with Crippen molar-refractivity contribution < 1.29 is 18.8 Å². The number of carbonyl (C=O) groups excluding carboxylic acids is 2. The molecule has 1 heterocycles. The highest BCUT2D eigenvalue weighted by Crippen LogP contribution is 2.18. The number of hydrogen-bond donors (Lipinski definition) is 2. The molecule has 26 heavy (non-hydrogen) atoms. The van der Waals surface area contributed by atoms with Crippen molar-refractivity contribution in [1.82, 2.24) is 10.1 Å². The zero-order valence-corrected chi connectivity index (χ0v) is 13.9. The first-order valence-electron chi connectivity index (χ1n) is 7.74. The molecule has 0 spiro atoms. The molecule has 2 aromatic carbocycles. The zero-order valence-electron chi connectivity index (χ0n) is 13.9. The van der Waals surface area contributed by atoms with E-state index in [4.69, 9.17) is 15.0 Å². The Morgan fingerprint density at radius 3 is 2.46 bits per heavy atom. The number of urea groups is 1. The lowest BCUT2D eigenvalue weighted by atomic mass is 10.1. The van der Waals surface area contributed by atoms with Crippen LogP contribution in [0.5, 0.6) is 0 Å². The van der Waals surface area contributed by atoms with E-state index >= 15 is 0 Å². The van der Waals surface area contributed by atoms with Crippen LogP contribution in [0.25, 0.3) is 11.5 Å². The molecule has 0 atom stereocenters. The first kappa shape index (κ1) is 17.2. The molecule has 0 unspecified atom stereocenters. The predicted octanol–water partition coefficient (Wildman–Crippen LogP) is 2.89. The van der Waals surface area contributed by atoms with Gasteiger partial charge in [0.25, 0.3) is 5.89 Å². The maximum Gasteiger partial charge on any atom is 0.338 e. The molecular weight excluding hydrogens is 336 g/mol. The molecule has 0 aliphatic heterocycles. The fourth-order valence-electron chi connectivity index (χ4n) is 2.17. The average Bonchev–Trinajstić information content (AvgIpc) is 3.09. The van der Waals surface area contributed by atoms with Crippen LogP contribution < -0.4 is 11.1 Å². The number of nitrogens with two attached hydrogens (primary N) is 1. The molecule has 8 nitrogen and oxygen atoms in total. The quantitative estimate of drug-likeness (QED) is 0.681. The third kappa shape index (κ3) is 4.23. The van der Waals surface area contributed by atoms with Gasteiger partial charge in [-0.25, -0.2) is 9.59 Å². The lowest BCUT2D eigenvalue weighted by Gasteiger charge is -2.04. The summed E-state index contributed by atoms with van der Waals surface area (Å²) in [6.45, 7) is 1.87. The number of aromatic nitrogens is 2. The summed E-state index contributed by atoms with van der Waals surface area (Å²) in [6, 6.07) is 13.1. The highest BCUT2D eigenvalue weighted by Gasteiger charge is 2.12. The summed E-state index contributed by atoms with van der Waals surface area (Å²) in [5.74, 6) is 0.0798. The number of rotatable bonds is 5. The second-order valence-electron chi connectivity index (χ2n) is 5.52. The molecule has 132 valence electrons. The fourth-order valence-corrected chi connectivity index (χ4v) is 2.17. The van der Waals surface area contributed by atoms with Gasteiger partial charge in [-0.2, -0.15) is 4.98 Å². The van der Waals surface area contributed by atoms with Gasteiger partial charge in [0.1, 0.15) is 0 Å². The van der Waals surface area contributed by atoms with E-state index in [1.54, 1.807) is 12.1 Å². The normalized spacial score (nSPS) is 10.3. The van der Waals surface area contributed by atoms with Crippen molar-refractivity contribution in [2.75, 3.05) is 5.32 Å². The minimum atomic E-state index is -0.679. The molecule has 3 aromatic rings. The Labute approximate surface area is 149 Å². The minimum Gasteiger partial charge on any atom is -0.454 e. The van der Waals surface area contributed by atoms with Gasteiger partial charge in [0.15, 0.2) is 6.61 Å². The summed E-state index contributed by atoms with van der Waals surface area (Å²) >= 11 is 0. The molecule has 0 aliphatic rings. The third-order valence-electron chi connectivity index (χ3n) is 3.49. The molecule has 0 saturated carbocycles. The van der Waals surface area contributed by atoms with Gasteiger partial charge in [0, 0.05) is 11.3 Å². The molecule has 1 aromatic heterocycles. The number of nitrogens with zero attached hydrogens (tertiary/aromatic N) is 2. The number of amides is 2. The van der Waals surface area contributed by atoms with Crippen LogP contribution >= 0.6 is 0 Å². The van der Waals surface area contributed by atoms with Crippen molar-refractivity contribution in [3.8, 4) is 11.5 Å². The molecule has 3 rings (SSSR count). The SMILES string of the molecule is Cc1ccc(-c2nc(COC(=O)c3ccc(NC(N)=O)cc3)no2)cc1. The van der Waals surface area contributed by atoms with Crippen molar-refractivity contribution in [2.45, 2.75) is 13.5 Å². The van der Waals surface area contributed by atoms with E-state index < -0.39 is 12.0 Å². The van der Waals surface area contributed by atoms with E-state index in [1.807, 2.05) is 31.2 Å². The molecule has 2 amide bonds. The molecule has 0 fully saturated rings. The molecule has 0 aliphatic carbocycles. The fraction of sp³-hybridized carbons (Fsp3) is 0.111. The lowest BCUT2D eigenvalue weighted by molar-refractivity contribution is 0.0459. The first-order chi connectivity index (χ1) is 12.5. The largest absolute Gasteiger partial charge is 0.454 e. The van der Waals surface area contributed by atoms with E-state index in [1.165, 1.54) is 12.1 Å². The summed E-state index contributed by atoms with van der Waals surface area (Å²) in [6.07, 6.45) is 0. The third-order valence-corrected chi connectivity index (χ3v) is 3.49. The number of hydrogen-bond acceptors (Lipinski definition) is 6. The van der Waals surface area contributed by atoms with Crippen LogP contribution in [-0.2, 0) is 11.3 Å². The van der Waals surface area contributed by atoms with Crippen LogP contribution in [-0.4, -0.2) is 22.1 Å². The van der Waals surface area contributed by atoms with Gasteiger partial charge in [-0.05, 0) is 43.3 Å². The van der Waals surface area contributed by atoms with Gasteiger partial charge in [-0.1, -0.05) is 22.9 Å². The molecular formula is C18H16N4O4. The van der Waals surface area contributed by atoms with Gasteiger partial charge in [-0.15, -0.1) is 0 Å². The Morgan fingerprint density at radius 2 is 1.81 bits per heavy atom. The average molecular weight is 352 g/mol. The Balaban J connectivity index is 1.59. The van der Waals surface area contributed by atoms with E-state index in [9.17, 15) is 9.59 Å². The second-order valence-corrected chi connectivity index (χ2v) is 5.52. The van der Waals surface area contributed by atoms with Crippen LogP contribution in [0.4, 0.5) is 10.5 Å². The molecule has 8 heteroatoms. The van der Waals surface area contributed by atoms with Gasteiger partial charge in [-0.3, -0.25) is 0 Å². The van der Waals surface area contributed by atoms with E-state index in [-0.39, 0.29) is 12.4 Å². The number of nitrogens with one attached hydrogen (secondary N) is 1. The Morgan fingerprint density at radius 1 is 1.12 bits per heavy atom. The number of benzene rings is 2. The maximum absolute atomic E-state index is 12.0. The highest BCUT2D eigenvalue weighted by atomic mass is 16.5. The summed E-state index contributed by atoms with van der Waals surface area (Å²) in [4.78, 5) is 27.0. The smallest absolute Gasteiger partial charge is 0.338 e. The van der Waals surface area contributed by atoms with Crippen molar-refractivity contribution in [2.24, 2.45) is 5.73 Å². The van der Waals surface area contributed by atoms with Crippen molar-refractivity contribution in [1.29, 1.82) is 0 Å². The van der Waals surface area contributed by atoms with Gasteiger partial charge in [0.05, 0.1) is 5.56 Å². The standard InChI is InChI=1S/C18H16N4O4/c1-11-2-4-12(5-3-11)16-21-15(22-26-16)10-25-17(23)13-6-8-14(9-7-13)20-18(19)24/h2-9H,10H2,1H3,(H3,19,20,24). The maximum atomic E-state index is 12.0. The number of anilines is 1. The van der Waals surface area contributed by atoms with Crippen LogP contribution in [0, 0.1) is 6.92 Å². The van der Waals surface area contributed by atoms with Crippen LogP contribution in [0.15, 0.2) is 53.1 Å². The number of aryl methyl sites for hydroxylation is 1. The number of primary amides is 1. The predicted molar refractivity (Wildman–Crippen MR) is 93.2 cm³/mol.